The van der Waals surface area contributed by atoms with Gasteiger partial charge >= 0.3 is 0 Å². The number of aromatic nitrogens is 2. The highest BCUT2D eigenvalue weighted by Crippen LogP contribution is 2.41. The molecule has 0 amide bonds. The molecule has 3 rings (SSSR count). The van der Waals surface area contributed by atoms with Gasteiger partial charge < -0.3 is 19.1 Å². The first-order chi connectivity index (χ1) is 9.15. The van der Waals surface area contributed by atoms with Crippen molar-refractivity contribution in [3.8, 4) is 11.5 Å². The topological polar surface area (TPSA) is 56.5 Å². The largest absolute Gasteiger partial charge is 0.454 e. The van der Waals surface area contributed by atoms with E-state index in [9.17, 15) is 5.11 Å². The van der Waals surface area contributed by atoms with Crippen LogP contribution in [0.25, 0.3) is 0 Å². The van der Waals surface area contributed by atoms with E-state index >= 15 is 0 Å². The molecule has 1 unspecified atom stereocenters. The summed E-state index contributed by atoms with van der Waals surface area (Å²) in [6, 6.07) is 3.65. The van der Waals surface area contributed by atoms with Crippen LogP contribution in [0, 0.1) is 0 Å². The Morgan fingerprint density at radius 1 is 1.47 bits per heavy atom. The summed E-state index contributed by atoms with van der Waals surface area (Å²) in [5, 5.41) is 10.3. The zero-order chi connectivity index (χ0) is 13.4. The van der Waals surface area contributed by atoms with Gasteiger partial charge in [-0.3, -0.25) is 0 Å². The predicted molar refractivity (Wildman–Crippen MR) is 72.1 cm³/mol. The van der Waals surface area contributed by atoms with Crippen molar-refractivity contribution < 1.29 is 14.6 Å². The maximum atomic E-state index is 10.3. The maximum Gasteiger partial charge on any atom is 0.231 e. The van der Waals surface area contributed by atoms with Gasteiger partial charge in [-0.2, -0.15) is 0 Å². The van der Waals surface area contributed by atoms with Gasteiger partial charge in [0.1, 0.15) is 5.82 Å². The van der Waals surface area contributed by atoms with E-state index in [1.165, 1.54) is 0 Å². The molecule has 1 atom stereocenters. The molecule has 19 heavy (non-hydrogen) atoms. The van der Waals surface area contributed by atoms with Gasteiger partial charge in [0.2, 0.25) is 6.79 Å². The van der Waals surface area contributed by atoms with Gasteiger partial charge in [0.05, 0.1) is 10.6 Å². The highest BCUT2D eigenvalue weighted by atomic mass is 79.9. The summed E-state index contributed by atoms with van der Waals surface area (Å²) in [6.45, 7) is 0.215. The van der Waals surface area contributed by atoms with Crippen LogP contribution in [0.4, 0.5) is 0 Å². The molecule has 100 valence electrons. The monoisotopic (exact) mass is 324 g/mol. The van der Waals surface area contributed by atoms with Crippen molar-refractivity contribution in [2.75, 3.05) is 6.79 Å². The smallest absolute Gasteiger partial charge is 0.231 e. The number of hydrogen-bond acceptors (Lipinski definition) is 4. The average Bonchev–Trinajstić information content (AvgIpc) is 2.99. The lowest BCUT2D eigenvalue weighted by molar-refractivity contribution is 0.170. The van der Waals surface area contributed by atoms with Crippen molar-refractivity contribution in [3.05, 3.63) is 40.4 Å². The number of fused-ring (bicyclic) bond motifs is 1. The van der Waals surface area contributed by atoms with E-state index in [0.717, 1.165) is 15.9 Å². The highest BCUT2D eigenvalue weighted by Gasteiger charge is 2.21. The molecule has 0 saturated carbocycles. The Morgan fingerprint density at radius 3 is 3.05 bits per heavy atom. The number of ether oxygens (including phenoxy) is 2. The van der Waals surface area contributed by atoms with Gasteiger partial charge in [-0.25, -0.2) is 4.98 Å². The predicted octanol–water partition coefficient (Wildman–Crippen LogP) is 2.19. The number of halogens is 1. The molecule has 1 aliphatic rings. The van der Waals surface area contributed by atoms with Crippen molar-refractivity contribution in [1.29, 1.82) is 0 Å². The van der Waals surface area contributed by atoms with E-state index in [-0.39, 0.29) is 6.79 Å². The summed E-state index contributed by atoms with van der Waals surface area (Å²) in [5.41, 5.74) is 0.777. The lowest BCUT2D eigenvalue weighted by Crippen LogP contribution is -2.06. The van der Waals surface area contributed by atoms with Crippen LogP contribution >= 0.6 is 15.9 Å². The summed E-state index contributed by atoms with van der Waals surface area (Å²) in [5.74, 6) is 2.18. The first kappa shape index (κ1) is 12.5. The zero-order valence-electron chi connectivity index (χ0n) is 10.3. The van der Waals surface area contributed by atoms with Crippen LogP contribution in [0.1, 0.15) is 17.5 Å². The molecule has 5 nitrogen and oxygen atoms in total. The van der Waals surface area contributed by atoms with E-state index in [2.05, 4.69) is 20.9 Å². The van der Waals surface area contributed by atoms with Crippen LogP contribution < -0.4 is 9.47 Å². The number of nitrogens with zero attached hydrogens (tertiary/aromatic N) is 2. The first-order valence-electron chi connectivity index (χ1n) is 5.88. The number of aliphatic hydroxyl groups excluding tert-OH is 1. The SMILES string of the molecule is Cn1ccnc1CC(O)c1cc(Br)c2c(c1)OCO2. The minimum Gasteiger partial charge on any atom is -0.454 e. The number of hydrogen-bond donors (Lipinski definition) is 1. The quantitative estimate of drug-likeness (QED) is 0.940. The van der Waals surface area contributed by atoms with Gasteiger partial charge in [-0.05, 0) is 33.6 Å². The number of imidazole rings is 1. The number of benzene rings is 1. The highest BCUT2D eigenvalue weighted by molar-refractivity contribution is 9.10. The van der Waals surface area contributed by atoms with E-state index in [1.54, 1.807) is 12.3 Å². The number of aryl methyl sites for hydroxylation is 1. The van der Waals surface area contributed by atoms with Crippen LogP contribution in [0.15, 0.2) is 29.0 Å². The molecule has 2 aromatic rings. The third-order valence-electron chi connectivity index (χ3n) is 3.13. The summed E-state index contributed by atoms with van der Waals surface area (Å²) >= 11 is 3.42. The number of rotatable bonds is 3. The fourth-order valence-corrected chi connectivity index (χ4v) is 2.64. The van der Waals surface area contributed by atoms with E-state index < -0.39 is 6.10 Å². The molecule has 1 aromatic heterocycles. The van der Waals surface area contributed by atoms with Crippen LogP contribution in [-0.2, 0) is 13.5 Å². The summed E-state index contributed by atoms with van der Waals surface area (Å²) in [4.78, 5) is 4.21. The van der Waals surface area contributed by atoms with Crippen molar-refractivity contribution in [2.24, 2.45) is 7.05 Å². The van der Waals surface area contributed by atoms with Crippen LogP contribution in [0.3, 0.4) is 0 Å². The molecule has 0 aliphatic carbocycles. The van der Waals surface area contributed by atoms with E-state index in [0.29, 0.717) is 17.9 Å². The Bertz CT molecular complexity index is 612. The molecule has 1 aromatic carbocycles. The van der Waals surface area contributed by atoms with Crippen molar-refractivity contribution in [1.82, 2.24) is 9.55 Å². The van der Waals surface area contributed by atoms with Gasteiger partial charge in [-0.15, -0.1) is 0 Å². The Labute approximate surface area is 118 Å². The molecule has 1 N–H and O–H groups in total. The standard InChI is InChI=1S/C13H13BrN2O3/c1-16-3-2-15-12(16)6-10(17)8-4-9(14)13-11(5-8)18-7-19-13/h2-5,10,17H,6-7H2,1H3. The molecule has 2 heterocycles. The zero-order valence-corrected chi connectivity index (χ0v) is 11.9. The molecule has 0 fully saturated rings. The van der Waals surface area contributed by atoms with Gasteiger partial charge in [0, 0.05) is 25.9 Å². The van der Waals surface area contributed by atoms with Crippen molar-refractivity contribution >= 4 is 15.9 Å². The second kappa shape index (κ2) is 4.86. The molecule has 0 radical (unpaired) electrons. The average molecular weight is 325 g/mol. The summed E-state index contributed by atoms with van der Waals surface area (Å²) in [7, 11) is 1.91. The Hall–Kier alpha value is -1.53. The summed E-state index contributed by atoms with van der Waals surface area (Å²) < 4.78 is 13.3. The van der Waals surface area contributed by atoms with E-state index in [1.807, 2.05) is 23.9 Å². The summed E-state index contributed by atoms with van der Waals surface area (Å²) in [6.07, 6.45) is 3.40. The third kappa shape index (κ3) is 2.33. The van der Waals surface area contributed by atoms with Gasteiger partial charge in [-0.1, -0.05) is 0 Å². The van der Waals surface area contributed by atoms with Crippen molar-refractivity contribution in [2.45, 2.75) is 12.5 Å². The lowest BCUT2D eigenvalue weighted by atomic mass is 10.1. The minimum absolute atomic E-state index is 0.215. The third-order valence-corrected chi connectivity index (χ3v) is 3.72. The molecule has 0 saturated heterocycles. The number of aliphatic hydroxyl groups is 1. The van der Waals surface area contributed by atoms with Gasteiger partial charge in [0.25, 0.3) is 0 Å². The molecule has 0 bridgehead atoms. The maximum absolute atomic E-state index is 10.3. The molecule has 0 spiro atoms. The van der Waals surface area contributed by atoms with Gasteiger partial charge in [0.15, 0.2) is 11.5 Å². The second-order valence-corrected chi connectivity index (χ2v) is 5.27. The molecule has 1 aliphatic heterocycles. The second-order valence-electron chi connectivity index (χ2n) is 4.41. The molecular formula is C13H13BrN2O3. The minimum atomic E-state index is -0.633. The normalized spacial score (nSPS) is 14.7. The Balaban J connectivity index is 1.86. The van der Waals surface area contributed by atoms with Crippen molar-refractivity contribution in [3.63, 3.8) is 0 Å². The van der Waals surface area contributed by atoms with E-state index in [4.69, 9.17) is 9.47 Å². The first-order valence-corrected chi connectivity index (χ1v) is 6.68. The van der Waals surface area contributed by atoms with Crippen LogP contribution in [-0.4, -0.2) is 21.5 Å². The fraction of sp³-hybridized carbons (Fsp3) is 0.308. The Kier molecular flexibility index (Phi) is 3.20. The van der Waals surface area contributed by atoms with Crippen LogP contribution in [0.5, 0.6) is 11.5 Å². The molecular weight excluding hydrogens is 312 g/mol. The lowest BCUT2D eigenvalue weighted by Gasteiger charge is -2.12. The molecule has 6 heteroatoms. The Morgan fingerprint density at radius 2 is 2.32 bits per heavy atom. The van der Waals surface area contributed by atoms with Crippen LogP contribution in [0.2, 0.25) is 0 Å². The fourth-order valence-electron chi connectivity index (χ4n) is 2.06.